The molecule has 0 aliphatic heterocycles. The standard InChI is InChI=1S/C20H17Cl2N3O3S2/c1-2-3-8-28-18(27)12-5-7-15-16(10-12)30-20(23-15)25-19(29)24-17(26)11-4-6-13(21)14(22)9-11/h4-7,9-10H,2-3,8H2,1H3,(H2,23,24,25,26,29). The highest BCUT2D eigenvalue weighted by atomic mass is 35.5. The van der Waals surface area contributed by atoms with E-state index in [1.807, 2.05) is 6.92 Å². The molecule has 0 fully saturated rings. The number of hydrogen-bond acceptors (Lipinski definition) is 6. The number of aromatic nitrogens is 1. The maximum absolute atomic E-state index is 12.3. The van der Waals surface area contributed by atoms with E-state index in [1.165, 1.54) is 23.5 Å². The molecule has 2 aromatic carbocycles. The molecule has 0 aliphatic rings. The number of carbonyl (C=O) groups is 2. The van der Waals surface area contributed by atoms with Crippen molar-refractivity contribution >= 4 is 79.1 Å². The molecule has 0 aliphatic carbocycles. The van der Waals surface area contributed by atoms with Crippen molar-refractivity contribution < 1.29 is 14.3 Å². The fraction of sp³-hybridized carbons (Fsp3) is 0.200. The number of ether oxygens (including phenoxy) is 1. The molecular formula is C20H17Cl2N3O3S2. The Labute approximate surface area is 192 Å². The second-order valence-corrected chi connectivity index (χ2v) is 8.48. The van der Waals surface area contributed by atoms with Crippen LogP contribution in [0.3, 0.4) is 0 Å². The summed E-state index contributed by atoms with van der Waals surface area (Å²) >= 11 is 18.3. The van der Waals surface area contributed by atoms with E-state index in [9.17, 15) is 9.59 Å². The van der Waals surface area contributed by atoms with Gasteiger partial charge in [-0.05, 0) is 55.0 Å². The van der Waals surface area contributed by atoms with Crippen molar-refractivity contribution in [1.29, 1.82) is 0 Å². The molecule has 0 saturated heterocycles. The summed E-state index contributed by atoms with van der Waals surface area (Å²) in [6.07, 6.45) is 1.78. The number of hydrogen-bond donors (Lipinski definition) is 2. The minimum atomic E-state index is -0.427. The van der Waals surface area contributed by atoms with E-state index in [-0.39, 0.29) is 16.1 Å². The molecule has 3 aromatic rings. The van der Waals surface area contributed by atoms with Crippen molar-refractivity contribution in [2.45, 2.75) is 19.8 Å². The van der Waals surface area contributed by atoms with Crippen LogP contribution in [0.5, 0.6) is 0 Å². The van der Waals surface area contributed by atoms with Crippen LogP contribution < -0.4 is 10.6 Å². The van der Waals surface area contributed by atoms with E-state index < -0.39 is 5.91 Å². The van der Waals surface area contributed by atoms with E-state index >= 15 is 0 Å². The first-order chi connectivity index (χ1) is 14.4. The topological polar surface area (TPSA) is 80.3 Å². The summed E-state index contributed by atoms with van der Waals surface area (Å²) in [5.41, 5.74) is 1.49. The van der Waals surface area contributed by atoms with Gasteiger partial charge >= 0.3 is 5.97 Å². The first kappa shape index (κ1) is 22.4. The van der Waals surface area contributed by atoms with Crippen LogP contribution in [-0.2, 0) is 4.74 Å². The lowest BCUT2D eigenvalue weighted by atomic mass is 10.2. The molecule has 0 saturated carbocycles. The summed E-state index contributed by atoms with van der Waals surface area (Å²) in [4.78, 5) is 28.8. The molecule has 0 spiro atoms. The molecule has 3 rings (SSSR count). The van der Waals surface area contributed by atoms with Crippen LogP contribution in [0.15, 0.2) is 36.4 Å². The van der Waals surface area contributed by atoms with Crippen LogP contribution >= 0.6 is 46.8 Å². The number of thiazole rings is 1. The van der Waals surface area contributed by atoms with E-state index in [0.29, 0.717) is 33.4 Å². The number of nitrogens with one attached hydrogen (secondary N) is 2. The number of nitrogens with zero attached hydrogens (tertiary/aromatic N) is 1. The number of unbranched alkanes of at least 4 members (excludes halogenated alkanes) is 1. The second-order valence-electron chi connectivity index (χ2n) is 6.23. The van der Waals surface area contributed by atoms with Crippen LogP contribution in [0.2, 0.25) is 10.0 Å². The van der Waals surface area contributed by atoms with Crippen molar-refractivity contribution in [2.24, 2.45) is 0 Å². The SMILES string of the molecule is CCCCOC(=O)c1ccc2nc(NC(=S)NC(=O)c3ccc(Cl)c(Cl)c3)sc2c1. The zero-order valence-electron chi connectivity index (χ0n) is 15.8. The summed E-state index contributed by atoms with van der Waals surface area (Å²) in [7, 11) is 0. The fourth-order valence-corrected chi connectivity index (χ4v) is 3.90. The first-order valence-corrected chi connectivity index (χ1v) is 11.0. The summed E-state index contributed by atoms with van der Waals surface area (Å²) in [6.45, 7) is 2.43. The maximum Gasteiger partial charge on any atom is 0.338 e. The molecule has 6 nitrogen and oxygen atoms in total. The van der Waals surface area contributed by atoms with Gasteiger partial charge in [0.1, 0.15) is 0 Å². The van der Waals surface area contributed by atoms with Gasteiger partial charge in [0.15, 0.2) is 10.2 Å². The van der Waals surface area contributed by atoms with Crippen molar-refractivity contribution in [2.75, 3.05) is 11.9 Å². The van der Waals surface area contributed by atoms with Gasteiger partial charge in [-0.15, -0.1) is 0 Å². The predicted molar refractivity (Wildman–Crippen MR) is 125 cm³/mol. The minimum absolute atomic E-state index is 0.0873. The molecular weight excluding hydrogens is 465 g/mol. The summed E-state index contributed by atoms with van der Waals surface area (Å²) in [5, 5.41) is 6.66. The summed E-state index contributed by atoms with van der Waals surface area (Å²) in [6, 6.07) is 9.68. The third-order valence-electron chi connectivity index (χ3n) is 3.98. The van der Waals surface area contributed by atoms with Crippen molar-refractivity contribution in [3.63, 3.8) is 0 Å². The van der Waals surface area contributed by atoms with Crippen LogP contribution in [0.4, 0.5) is 5.13 Å². The third-order valence-corrected chi connectivity index (χ3v) is 5.86. The van der Waals surface area contributed by atoms with Crippen LogP contribution in [0.25, 0.3) is 10.2 Å². The Bertz CT molecular complexity index is 1120. The fourth-order valence-electron chi connectivity index (χ4n) is 2.44. The Morgan fingerprint density at radius 1 is 1.13 bits per heavy atom. The Hall–Kier alpha value is -2.26. The van der Waals surface area contributed by atoms with Crippen molar-refractivity contribution in [3.8, 4) is 0 Å². The molecule has 30 heavy (non-hydrogen) atoms. The average molecular weight is 482 g/mol. The lowest BCUT2D eigenvalue weighted by Gasteiger charge is -2.07. The Balaban J connectivity index is 1.65. The Morgan fingerprint density at radius 3 is 2.63 bits per heavy atom. The largest absolute Gasteiger partial charge is 0.462 e. The van der Waals surface area contributed by atoms with Crippen molar-refractivity contribution in [1.82, 2.24) is 10.3 Å². The van der Waals surface area contributed by atoms with E-state index in [0.717, 1.165) is 17.5 Å². The van der Waals surface area contributed by atoms with Gasteiger partial charge in [0.05, 0.1) is 32.4 Å². The summed E-state index contributed by atoms with van der Waals surface area (Å²) in [5.74, 6) is -0.790. The molecule has 156 valence electrons. The highest BCUT2D eigenvalue weighted by molar-refractivity contribution is 7.80. The smallest absolute Gasteiger partial charge is 0.338 e. The number of carbonyl (C=O) groups excluding carboxylic acids is 2. The number of benzene rings is 2. The molecule has 1 heterocycles. The van der Waals surface area contributed by atoms with E-state index in [4.69, 9.17) is 40.2 Å². The maximum atomic E-state index is 12.3. The number of halogens is 2. The number of esters is 1. The molecule has 1 aromatic heterocycles. The molecule has 0 radical (unpaired) electrons. The van der Waals surface area contributed by atoms with Gasteiger partial charge in [0, 0.05) is 5.56 Å². The normalized spacial score (nSPS) is 10.6. The van der Waals surface area contributed by atoms with Gasteiger partial charge in [0.2, 0.25) is 0 Å². The lowest BCUT2D eigenvalue weighted by Crippen LogP contribution is -2.34. The Morgan fingerprint density at radius 2 is 1.90 bits per heavy atom. The molecule has 1 amide bonds. The zero-order valence-corrected chi connectivity index (χ0v) is 19.0. The van der Waals surface area contributed by atoms with Gasteiger partial charge in [-0.2, -0.15) is 0 Å². The number of rotatable bonds is 6. The number of anilines is 1. The highest BCUT2D eigenvalue weighted by Crippen LogP contribution is 2.27. The molecule has 0 atom stereocenters. The minimum Gasteiger partial charge on any atom is -0.462 e. The van der Waals surface area contributed by atoms with E-state index in [2.05, 4.69) is 15.6 Å². The zero-order chi connectivity index (χ0) is 21.7. The number of amides is 1. The predicted octanol–water partition coefficient (Wildman–Crippen LogP) is 5.69. The van der Waals surface area contributed by atoms with Gasteiger partial charge in [-0.25, -0.2) is 9.78 Å². The molecule has 10 heteroatoms. The Kier molecular flexibility index (Phi) is 7.60. The quantitative estimate of drug-likeness (QED) is 0.267. The van der Waals surface area contributed by atoms with Gasteiger partial charge in [0.25, 0.3) is 5.91 Å². The number of thiocarbonyl (C=S) groups is 1. The highest BCUT2D eigenvalue weighted by Gasteiger charge is 2.13. The van der Waals surface area contributed by atoms with Crippen LogP contribution in [0.1, 0.15) is 40.5 Å². The third kappa shape index (κ3) is 5.66. The van der Waals surface area contributed by atoms with Crippen molar-refractivity contribution in [3.05, 3.63) is 57.6 Å². The molecule has 2 N–H and O–H groups in total. The average Bonchev–Trinajstić information content (AvgIpc) is 3.11. The van der Waals surface area contributed by atoms with Crippen LogP contribution in [0, 0.1) is 0 Å². The first-order valence-electron chi connectivity index (χ1n) is 9.02. The van der Waals surface area contributed by atoms with Gasteiger partial charge < -0.3 is 10.1 Å². The van der Waals surface area contributed by atoms with E-state index in [1.54, 1.807) is 24.3 Å². The molecule has 0 bridgehead atoms. The molecule has 0 unspecified atom stereocenters. The number of fused-ring (bicyclic) bond motifs is 1. The van der Waals surface area contributed by atoms with Gasteiger partial charge in [-0.3, -0.25) is 10.1 Å². The monoisotopic (exact) mass is 481 g/mol. The second kappa shape index (κ2) is 10.2. The lowest BCUT2D eigenvalue weighted by molar-refractivity contribution is 0.0500. The summed E-state index contributed by atoms with van der Waals surface area (Å²) < 4.78 is 6.03. The van der Waals surface area contributed by atoms with Crippen LogP contribution in [-0.4, -0.2) is 28.6 Å². The van der Waals surface area contributed by atoms with Gasteiger partial charge in [-0.1, -0.05) is 47.9 Å².